The topological polar surface area (TPSA) is 87.4 Å². The van der Waals surface area contributed by atoms with Gasteiger partial charge in [-0.15, -0.1) is 0 Å². The number of carbonyl (C=O) groups excluding carboxylic acids is 2. The van der Waals surface area contributed by atoms with Crippen LogP contribution in [0, 0.1) is 22.7 Å². The molecule has 0 aromatic heterocycles. The summed E-state index contributed by atoms with van der Waals surface area (Å²) in [5.74, 6) is -4.34. The molecule has 212 valence electrons. The van der Waals surface area contributed by atoms with Gasteiger partial charge in [0.2, 0.25) is 0 Å². The lowest BCUT2D eigenvalue weighted by Gasteiger charge is -2.54. The summed E-state index contributed by atoms with van der Waals surface area (Å²) in [4.78, 5) is 28.9. The van der Waals surface area contributed by atoms with Crippen molar-refractivity contribution in [3.05, 3.63) is 141 Å². The Labute approximate surface area is 255 Å². The van der Waals surface area contributed by atoms with E-state index in [1.165, 1.54) is 0 Å². The van der Waals surface area contributed by atoms with E-state index in [9.17, 15) is 20.0 Å². The first-order valence-corrected chi connectivity index (χ1v) is 14.5. The zero-order valence-corrected chi connectivity index (χ0v) is 24.4. The molecule has 7 heteroatoms. The summed E-state index contributed by atoms with van der Waals surface area (Å²) in [6.07, 6.45) is -0.0989. The number of rotatable bonds is 7. The molecule has 0 heterocycles. The zero-order valence-electron chi connectivity index (χ0n) is 22.9. The van der Waals surface area contributed by atoms with E-state index in [4.69, 9.17) is 27.9 Å². The summed E-state index contributed by atoms with van der Waals surface area (Å²) in [6.45, 7) is 1.73. The number of esters is 1. The molecule has 0 saturated heterocycles. The van der Waals surface area contributed by atoms with Crippen molar-refractivity contribution in [2.45, 2.75) is 30.8 Å². The number of aliphatic hydroxyl groups is 1. The Morgan fingerprint density at radius 2 is 1.38 bits per heavy atom. The number of Topliss-reactive ketones (excluding diaryl/α,β-unsaturated/α-hetero) is 1. The summed E-state index contributed by atoms with van der Waals surface area (Å²) < 4.78 is 5.63. The largest absolute Gasteiger partial charge is 0.465 e. The number of hydrogen-bond acceptors (Lipinski definition) is 5. The summed E-state index contributed by atoms with van der Waals surface area (Å²) in [5.41, 5.74) is -1.67. The molecule has 0 bridgehead atoms. The number of nitrogens with zero attached hydrogens (tertiary/aromatic N) is 1. The maximum absolute atomic E-state index is 14.7. The first-order valence-electron chi connectivity index (χ1n) is 13.7. The van der Waals surface area contributed by atoms with E-state index in [2.05, 4.69) is 6.07 Å². The number of ether oxygens (including phenoxy) is 1. The molecule has 5 atom stereocenters. The molecule has 1 saturated carbocycles. The molecule has 1 aliphatic carbocycles. The monoisotopic (exact) mass is 597 g/mol. The minimum atomic E-state index is -1.86. The van der Waals surface area contributed by atoms with Gasteiger partial charge < -0.3 is 9.84 Å². The normalized spacial score (nSPS) is 25.3. The molecular formula is C35H29Cl2NO4. The first kappa shape index (κ1) is 29.5. The standard InChI is InChI=1S/C35H29Cl2NO4/c1-2-42-33(40)34(22-38)29(23-9-5-3-6-10-23)21-35(41,26-15-19-28(37)20-16-26)31(30(34)24-11-7-4-8-12-24)32(39)25-13-17-27(36)18-14-25/h3-20,29-31,41H,2,21H2,1H3/t29-,30-,31-,34+,35-/m0/s1. The van der Waals surface area contributed by atoms with Gasteiger partial charge in [0.05, 0.1) is 18.6 Å². The fraction of sp³-hybridized carbons (Fsp3) is 0.229. The average molecular weight is 599 g/mol. The highest BCUT2D eigenvalue weighted by molar-refractivity contribution is 6.31. The van der Waals surface area contributed by atoms with Crippen LogP contribution >= 0.6 is 23.2 Å². The van der Waals surface area contributed by atoms with E-state index < -0.39 is 40.5 Å². The van der Waals surface area contributed by atoms with Crippen LogP contribution in [0.1, 0.15) is 52.2 Å². The van der Waals surface area contributed by atoms with Crippen molar-refractivity contribution in [1.82, 2.24) is 0 Å². The van der Waals surface area contributed by atoms with Gasteiger partial charge in [-0.2, -0.15) is 5.26 Å². The quantitative estimate of drug-likeness (QED) is 0.174. The molecule has 0 spiro atoms. The van der Waals surface area contributed by atoms with Gasteiger partial charge in [0.1, 0.15) is 5.60 Å². The van der Waals surface area contributed by atoms with Gasteiger partial charge in [-0.1, -0.05) is 96.0 Å². The highest BCUT2D eigenvalue weighted by Gasteiger charge is 2.67. The molecule has 0 unspecified atom stereocenters. The Kier molecular flexibility index (Phi) is 8.52. The fourth-order valence-electron chi connectivity index (χ4n) is 6.45. The third-order valence-electron chi connectivity index (χ3n) is 8.32. The van der Waals surface area contributed by atoms with Crippen molar-refractivity contribution in [3.63, 3.8) is 0 Å². The van der Waals surface area contributed by atoms with Gasteiger partial charge in [0, 0.05) is 27.4 Å². The van der Waals surface area contributed by atoms with Gasteiger partial charge in [0.15, 0.2) is 11.2 Å². The van der Waals surface area contributed by atoms with Crippen LogP contribution in [0.5, 0.6) is 0 Å². The Bertz CT molecular complexity index is 1600. The number of hydrogen-bond donors (Lipinski definition) is 1. The molecule has 5 nitrogen and oxygen atoms in total. The molecule has 4 aromatic carbocycles. The zero-order chi connectivity index (χ0) is 29.9. The number of halogens is 2. The molecule has 0 radical (unpaired) electrons. The lowest BCUT2D eigenvalue weighted by molar-refractivity contribution is -0.164. The minimum absolute atomic E-state index is 0.0442. The van der Waals surface area contributed by atoms with E-state index in [0.717, 1.165) is 0 Å². The highest BCUT2D eigenvalue weighted by atomic mass is 35.5. The van der Waals surface area contributed by atoms with Gasteiger partial charge >= 0.3 is 5.97 Å². The Morgan fingerprint density at radius 3 is 1.90 bits per heavy atom. The lowest BCUT2D eigenvalue weighted by Crippen LogP contribution is -2.59. The third kappa shape index (κ3) is 5.12. The van der Waals surface area contributed by atoms with Crippen molar-refractivity contribution in [2.75, 3.05) is 6.61 Å². The summed E-state index contributed by atoms with van der Waals surface area (Å²) >= 11 is 12.4. The van der Waals surface area contributed by atoms with Crippen LogP contribution in [0.4, 0.5) is 0 Å². The number of ketones is 1. The van der Waals surface area contributed by atoms with Gasteiger partial charge in [-0.25, -0.2) is 0 Å². The summed E-state index contributed by atoms with van der Waals surface area (Å²) in [6, 6.07) is 33.6. The van der Waals surface area contributed by atoms with Crippen LogP contribution in [-0.2, 0) is 15.1 Å². The van der Waals surface area contributed by atoms with Crippen LogP contribution in [0.2, 0.25) is 10.0 Å². The second-order valence-electron chi connectivity index (χ2n) is 10.5. The lowest BCUT2D eigenvalue weighted by atomic mass is 9.47. The molecule has 0 amide bonds. The molecule has 5 rings (SSSR count). The second kappa shape index (κ2) is 12.1. The van der Waals surface area contributed by atoms with Crippen molar-refractivity contribution in [2.24, 2.45) is 11.3 Å². The molecule has 1 fully saturated rings. The maximum Gasteiger partial charge on any atom is 0.327 e. The SMILES string of the molecule is CCOC(=O)[C@]1(C#N)[C@H](c2ccccc2)C[C@](O)(c2ccc(Cl)cc2)[C@H](C(=O)c2ccc(Cl)cc2)[C@@H]1c1ccccc1. The predicted octanol–water partition coefficient (Wildman–Crippen LogP) is 7.72. The molecule has 0 aliphatic heterocycles. The molecule has 42 heavy (non-hydrogen) atoms. The highest BCUT2D eigenvalue weighted by Crippen LogP contribution is 2.63. The Morgan fingerprint density at radius 1 is 0.857 bits per heavy atom. The van der Waals surface area contributed by atoms with Crippen molar-refractivity contribution >= 4 is 35.0 Å². The average Bonchev–Trinajstić information content (AvgIpc) is 3.02. The van der Waals surface area contributed by atoms with Crippen LogP contribution in [0.15, 0.2) is 109 Å². The van der Waals surface area contributed by atoms with E-state index >= 15 is 0 Å². The van der Waals surface area contributed by atoms with Crippen molar-refractivity contribution in [3.8, 4) is 6.07 Å². The van der Waals surface area contributed by atoms with E-state index in [-0.39, 0.29) is 13.0 Å². The first-order chi connectivity index (χ1) is 20.3. The van der Waals surface area contributed by atoms with Gasteiger partial charge in [-0.3, -0.25) is 9.59 Å². The molecule has 1 aliphatic rings. The van der Waals surface area contributed by atoms with E-state index in [1.807, 2.05) is 36.4 Å². The van der Waals surface area contributed by atoms with E-state index in [1.54, 1.807) is 79.7 Å². The number of nitriles is 1. The predicted molar refractivity (Wildman–Crippen MR) is 162 cm³/mol. The van der Waals surface area contributed by atoms with Crippen molar-refractivity contribution in [1.29, 1.82) is 5.26 Å². The van der Waals surface area contributed by atoms with Crippen LogP contribution < -0.4 is 0 Å². The van der Waals surface area contributed by atoms with Gasteiger partial charge in [-0.05, 0) is 66.4 Å². The summed E-state index contributed by atoms with van der Waals surface area (Å²) in [5, 5.41) is 25.0. The van der Waals surface area contributed by atoms with E-state index in [0.29, 0.717) is 32.3 Å². The van der Waals surface area contributed by atoms with Crippen LogP contribution in [0.3, 0.4) is 0 Å². The number of carbonyl (C=O) groups is 2. The van der Waals surface area contributed by atoms with Crippen LogP contribution in [0.25, 0.3) is 0 Å². The van der Waals surface area contributed by atoms with Gasteiger partial charge in [0.25, 0.3) is 0 Å². The molecule has 1 N–H and O–H groups in total. The third-order valence-corrected chi connectivity index (χ3v) is 8.82. The summed E-state index contributed by atoms with van der Waals surface area (Å²) in [7, 11) is 0. The van der Waals surface area contributed by atoms with Crippen LogP contribution in [-0.4, -0.2) is 23.5 Å². The fourth-order valence-corrected chi connectivity index (χ4v) is 6.70. The molecular weight excluding hydrogens is 569 g/mol. The molecule has 4 aromatic rings. The maximum atomic E-state index is 14.7. The Hall–Kier alpha value is -3.95. The second-order valence-corrected chi connectivity index (χ2v) is 11.4. The smallest absolute Gasteiger partial charge is 0.327 e. The Balaban J connectivity index is 1.88. The number of benzene rings is 4. The minimum Gasteiger partial charge on any atom is -0.465 e. The van der Waals surface area contributed by atoms with Crippen molar-refractivity contribution < 1.29 is 19.4 Å².